The van der Waals surface area contributed by atoms with Crippen LogP contribution in [0.3, 0.4) is 0 Å². The Balaban J connectivity index is 1.37. The van der Waals surface area contributed by atoms with Crippen molar-refractivity contribution in [2.75, 3.05) is 0 Å². The fraction of sp³-hybridized carbons (Fsp3) is 0.0690. The number of ether oxygens (including phenoxy) is 1. The Kier molecular flexibility index (Phi) is 5.98. The minimum atomic E-state index is -0.245. The lowest BCUT2D eigenvalue weighted by atomic mass is 9.96. The van der Waals surface area contributed by atoms with Gasteiger partial charge in [0, 0.05) is 12.4 Å². The van der Waals surface area contributed by atoms with Crippen LogP contribution in [0.4, 0.5) is 4.39 Å². The molecule has 0 aliphatic rings. The van der Waals surface area contributed by atoms with Gasteiger partial charge >= 0.3 is 0 Å². The molecule has 1 atom stereocenters. The third-order valence-corrected chi connectivity index (χ3v) is 5.67. The van der Waals surface area contributed by atoms with Gasteiger partial charge < -0.3 is 9.30 Å². The van der Waals surface area contributed by atoms with Gasteiger partial charge in [-0.25, -0.2) is 9.37 Å². The lowest BCUT2D eigenvalue weighted by Crippen LogP contribution is -2.10. The number of hydrogen-bond acceptors (Lipinski definition) is 2. The lowest BCUT2D eigenvalue weighted by molar-refractivity contribution is 0.306. The molecule has 0 fully saturated rings. The number of nitrogens with zero attached hydrogens (tertiary/aromatic N) is 2. The molecule has 0 saturated carbocycles. The van der Waals surface area contributed by atoms with Crippen LogP contribution in [-0.4, -0.2) is 9.55 Å². The van der Waals surface area contributed by atoms with Crippen molar-refractivity contribution in [3.8, 4) is 16.9 Å². The molecule has 0 radical (unpaired) electrons. The van der Waals surface area contributed by atoms with Crippen LogP contribution in [0.15, 0.2) is 122 Å². The molecule has 4 aromatic carbocycles. The van der Waals surface area contributed by atoms with E-state index in [1.807, 2.05) is 30.7 Å². The van der Waals surface area contributed by atoms with Gasteiger partial charge in [-0.05, 0) is 52.1 Å². The lowest BCUT2D eigenvalue weighted by Gasteiger charge is -2.20. The highest BCUT2D eigenvalue weighted by molar-refractivity contribution is 5.63. The van der Waals surface area contributed by atoms with E-state index in [0.717, 1.165) is 16.9 Å². The summed E-state index contributed by atoms with van der Waals surface area (Å²) in [7, 11) is 0. The number of aromatic nitrogens is 2. The maximum absolute atomic E-state index is 13.1. The molecule has 4 heteroatoms. The molecule has 0 N–H and O–H groups in total. The van der Waals surface area contributed by atoms with Gasteiger partial charge in [0.1, 0.15) is 18.2 Å². The average molecular weight is 435 g/mol. The van der Waals surface area contributed by atoms with E-state index in [4.69, 9.17) is 4.74 Å². The Morgan fingerprint density at radius 1 is 0.727 bits per heavy atom. The summed E-state index contributed by atoms with van der Waals surface area (Å²) in [6.07, 6.45) is 5.62. The molecule has 33 heavy (non-hydrogen) atoms. The second-order valence-electron chi connectivity index (χ2n) is 7.88. The molecule has 162 valence electrons. The largest absolute Gasteiger partial charge is 0.489 e. The van der Waals surface area contributed by atoms with E-state index in [1.165, 1.54) is 28.8 Å². The highest BCUT2D eigenvalue weighted by Crippen LogP contribution is 2.30. The summed E-state index contributed by atoms with van der Waals surface area (Å²) in [4.78, 5) is 4.26. The van der Waals surface area contributed by atoms with E-state index < -0.39 is 0 Å². The van der Waals surface area contributed by atoms with Crippen LogP contribution in [0.25, 0.3) is 11.1 Å². The maximum Gasteiger partial charge on any atom is 0.123 e. The number of halogens is 1. The first-order valence-corrected chi connectivity index (χ1v) is 10.9. The Morgan fingerprint density at radius 2 is 1.36 bits per heavy atom. The SMILES string of the molecule is Fc1ccc(COc2ccc(C(c3ccc(-c4ccccc4)cc3)n3ccnc3)cc2)cc1. The molecular formula is C29H23FN2O. The highest BCUT2D eigenvalue weighted by Gasteiger charge is 2.16. The van der Waals surface area contributed by atoms with E-state index in [2.05, 4.69) is 70.2 Å². The summed E-state index contributed by atoms with van der Waals surface area (Å²) in [5, 5.41) is 0. The number of benzene rings is 4. The Bertz CT molecular complexity index is 1280. The van der Waals surface area contributed by atoms with E-state index in [0.29, 0.717) is 6.61 Å². The summed E-state index contributed by atoms with van der Waals surface area (Å²) >= 11 is 0. The molecule has 0 spiro atoms. The molecule has 0 amide bonds. The molecule has 5 aromatic rings. The number of rotatable bonds is 7. The fourth-order valence-electron chi connectivity index (χ4n) is 3.94. The summed E-state index contributed by atoms with van der Waals surface area (Å²) in [6, 6.07) is 33.5. The smallest absolute Gasteiger partial charge is 0.123 e. The Morgan fingerprint density at radius 3 is 2.00 bits per heavy atom. The Labute approximate surface area is 192 Å². The summed E-state index contributed by atoms with van der Waals surface area (Å²) in [5.74, 6) is 0.525. The molecule has 0 saturated heterocycles. The van der Waals surface area contributed by atoms with Crippen LogP contribution in [0, 0.1) is 5.82 Å². The van der Waals surface area contributed by atoms with E-state index in [9.17, 15) is 4.39 Å². The molecule has 1 aromatic heterocycles. The van der Waals surface area contributed by atoms with Crippen molar-refractivity contribution in [3.63, 3.8) is 0 Å². The van der Waals surface area contributed by atoms with Gasteiger partial charge in [-0.1, -0.05) is 78.9 Å². The standard InChI is InChI=1S/C29H23FN2O/c30-27-14-6-22(7-15-27)20-33-28-16-12-26(13-17-28)29(32-19-18-31-21-32)25-10-8-24(9-11-25)23-4-2-1-3-5-23/h1-19,21,29H,20H2. The van der Waals surface area contributed by atoms with Gasteiger partial charge in [0.2, 0.25) is 0 Å². The molecule has 1 heterocycles. The van der Waals surface area contributed by atoms with Crippen LogP contribution in [-0.2, 0) is 6.61 Å². The van der Waals surface area contributed by atoms with Crippen molar-refractivity contribution in [3.05, 3.63) is 144 Å². The van der Waals surface area contributed by atoms with E-state index in [-0.39, 0.29) is 11.9 Å². The van der Waals surface area contributed by atoms with Crippen LogP contribution in [0.2, 0.25) is 0 Å². The third-order valence-electron chi connectivity index (χ3n) is 5.67. The predicted molar refractivity (Wildman–Crippen MR) is 129 cm³/mol. The fourth-order valence-corrected chi connectivity index (χ4v) is 3.94. The molecule has 5 rings (SSSR count). The first-order valence-electron chi connectivity index (χ1n) is 10.9. The molecular weight excluding hydrogens is 411 g/mol. The zero-order chi connectivity index (χ0) is 22.5. The molecule has 0 bridgehead atoms. The first-order chi connectivity index (χ1) is 16.3. The second kappa shape index (κ2) is 9.53. The summed E-state index contributed by atoms with van der Waals surface area (Å²) in [5.41, 5.74) is 5.62. The molecule has 1 unspecified atom stereocenters. The first kappa shape index (κ1) is 20.7. The summed E-state index contributed by atoms with van der Waals surface area (Å²) < 4.78 is 21.1. The topological polar surface area (TPSA) is 27.1 Å². The summed E-state index contributed by atoms with van der Waals surface area (Å²) in [6.45, 7) is 0.394. The van der Waals surface area contributed by atoms with Gasteiger partial charge in [-0.3, -0.25) is 0 Å². The van der Waals surface area contributed by atoms with E-state index in [1.54, 1.807) is 18.3 Å². The minimum absolute atomic E-state index is 0.00321. The van der Waals surface area contributed by atoms with Crippen molar-refractivity contribution in [2.24, 2.45) is 0 Å². The number of imidazole rings is 1. The van der Waals surface area contributed by atoms with Crippen LogP contribution in [0.1, 0.15) is 22.7 Å². The third kappa shape index (κ3) is 4.85. The maximum atomic E-state index is 13.1. The minimum Gasteiger partial charge on any atom is -0.489 e. The predicted octanol–water partition coefficient (Wildman–Crippen LogP) is 6.91. The van der Waals surface area contributed by atoms with Gasteiger partial charge in [0.05, 0.1) is 12.4 Å². The average Bonchev–Trinajstić information content (AvgIpc) is 3.40. The van der Waals surface area contributed by atoms with Crippen LogP contribution < -0.4 is 4.74 Å². The monoisotopic (exact) mass is 434 g/mol. The Hall–Kier alpha value is -4.18. The van der Waals surface area contributed by atoms with Crippen molar-refractivity contribution < 1.29 is 9.13 Å². The van der Waals surface area contributed by atoms with Crippen molar-refractivity contribution in [2.45, 2.75) is 12.6 Å². The molecule has 3 nitrogen and oxygen atoms in total. The van der Waals surface area contributed by atoms with Crippen molar-refractivity contribution >= 4 is 0 Å². The zero-order valence-corrected chi connectivity index (χ0v) is 18.0. The van der Waals surface area contributed by atoms with Crippen LogP contribution >= 0.6 is 0 Å². The van der Waals surface area contributed by atoms with Gasteiger partial charge in [0.25, 0.3) is 0 Å². The van der Waals surface area contributed by atoms with Gasteiger partial charge in [-0.2, -0.15) is 0 Å². The second-order valence-corrected chi connectivity index (χ2v) is 7.88. The van der Waals surface area contributed by atoms with Gasteiger partial charge in [0.15, 0.2) is 0 Å². The molecule has 0 aliphatic carbocycles. The van der Waals surface area contributed by atoms with Crippen molar-refractivity contribution in [1.29, 1.82) is 0 Å². The van der Waals surface area contributed by atoms with E-state index >= 15 is 0 Å². The van der Waals surface area contributed by atoms with Crippen molar-refractivity contribution in [1.82, 2.24) is 9.55 Å². The van der Waals surface area contributed by atoms with Crippen LogP contribution in [0.5, 0.6) is 5.75 Å². The highest BCUT2D eigenvalue weighted by atomic mass is 19.1. The normalized spacial score (nSPS) is 11.8. The van der Waals surface area contributed by atoms with Gasteiger partial charge in [-0.15, -0.1) is 0 Å². The quantitative estimate of drug-likeness (QED) is 0.278. The molecule has 0 aliphatic heterocycles. The zero-order valence-electron chi connectivity index (χ0n) is 18.0. The number of hydrogen-bond donors (Lipinski definition) is 0.